The van der Waals surface area contributed by atoms with Crippen molar-refractivity contribution in [2.45, 2.75) is 44.2 Å². The van der Waals surface area contributed by atoms with Crippen molar-refractivity contribution in [1.29, 1.82) is 0 Å². The molecule has 2 aliphatic rings. The van der Waals surface area contributed by atoms with Gasteiger partial charge in [-0.25, -0.2) is 0 Å². The van der Waals surface area contributed by atoms with Crippen molar-refractivity contribution in [3.05, 3.63) is 65.7 Å². The number of nitrogens with zero attached hydrogens (tertiary/aromatic N) is 2. The molecule has 1 aliphatic carbocycles. The van der Waals surface area contributed by atoms with Crippen LogP contribution in [0.3, 0.4) is 0 Å². The zero-order valence-corrected chi connectivity index (χ0v) is 18.6. The molecule has 1 heterocycles. The van der Waals surface area contributed by atoms with Gasteiger partial charge in [0.05, 0.1) is 19.8 Å². The predicted octanol–water partition coefficient (Wildman–Crippen LogP) is 4.12. The normalized spacial score (nSPS) is 22.4. The monoisotopic (exact) mass is 421 g/mol. The summed E-state index contributed by atoms with van der Waals surface area (Å²) in [4.78, 5) is 17.2. The number of likely N-dealkylation sites (N-methyl/N-ethyl adjacent to an activating group) is 1. The van der Waals surface area contributed by atoms with Gasteiger partial charge in [0.2, 0.25) is 5.91 Å². The number of hydrogen-bond acceptors (Lipinski definition) is 4. The Kier molecular flexibility index (Phi) is 7.73. The van der Waals surface area contributed by atoms with Crippen LogP contribution in [0.1, 0.15) is 42.7 Å². The molecule has 1 saturated heterocycles. The van der Waals surface area contributed by atoms with Crippen LogP contribution in [0.2, 0.25) is 0 Å². The van der Waals surface area contributed by atoms with Crippen LogP contribution < -0.4 is 5.32 Å². The number of carbonyl (C=O) groups excluding carboxylic acids is 1. The highest BCUT2D eigenvalue weighted by atomic mass is 16.5. The van der Waals surface area contributed by atoms with Gasteiger partial charge in [-0.1, -0.05) is 42.5 Å². The summed E-state index contributed by atoms with van der Waals surface area (Å²) in [7, 11) is 2.08. The molecule has 0 aromatic heterocycles. The van der Waals surface area contributed by atoms with Crippen LogP contribution in [-0.2, 0) is 16.1 Å². The highest BCUT2D eigenvalue weighted by Gasteiger charge is 2.25. The van der Waals surface area contributed by atoms with Crippen LogP contribution in [0.4, 0.5) is 5.69 Å². The van der Waals surface area contributed by atoms with E-state index in [0.29, 0.717) is 18.5 Å². The second kappa shape index (κ2) is 10.9. The van der Waals surface area contributed by atoms with Crippen LogP contribution in [0.15, 0.2) is 54.6 Å². The van der Waals surface area contributed by atoms with Crippen LogP contribution in [0.25, 0.3) is 0 Å². The summed E-state index contributed by atoms with van der Waals surface area (Å²) < 4.78 is 5.41. The summed E-state index contributed by atoms with van der Waals surface area (Å²) in [5.41, 5.74) is 3.60. The third kappa shape index (κ3) is 6.39. The van der Waals surface area contributed by atoms with Crippen molar-refractivity contribution in [1.82, 2.24) is 9.80 Å². The minimum atomic E-state index is 0.0635. The van der Waals surface area contributed by atoms with E-state index in [9.17, 15) is 4.79 Å². The number of carbonyl (C=O) groups is 1. The van der Waals surface area contributed by atoms with E-state index in [4.69, 9.17) is 4.74 Å². The predicted molar refractivity (Wildman–Crippen MR) is 125 cm³/mol. The van der Waals surface area contributed by atoms with Gasteiger partial charge in [0.15, 0.2) is 0 Å². The molecule has 0 atom stereocenters. The maximum atomic E-state index is 12.6. The topological polar surface area (TPSA) is 44.8 Å². The second-order valence-electron chi connectivity index (χ2n) is 8.96. The number of nitrogens with one attached hydrogen (secondary N) is 1. The lowest BCUT2D eigenvalue weighted by Gasteiger charge is -2.34. The van der Waals surface area contributed by atoms with E-state index < -0.39 is 0 Å². The highest BCUT2D eigenvalue weighted by Crippen LogP contribution is 2.34. The van der Waals surface area contributed by atoms with Crippen molar-refractivity contribution in [3.63, 3.8) is 0 Å². The molecular weight excluding hydrogens is 386 g/mol. The first-order valence-corrected chi connectivity index (χ1v) is 11.6. The molecule has 31 heavy (non-hydrogen) atoms. The van der Waals surface area contributed by atoms with E-state index in [2.05, 4.69) is 64.6 Å². The Morgan fingerprint density at radius 3 is 2.35 bits per heavy atom. The number of ether oxygens (including phenoxy) is 1. The molecule has 4 rings (SSSR count). The summed E-state index contributed by atoms with van der Waals surface area (Å²) in [5, 5.41) is 3.06. The van der Waals surface area contributed by atoms with Gasteiger partial charge in [-0.15, -0.1) is 0 Å². The van der Waals surface area contributed by atoms with E-state index in [1.165, 1.54) is 24.0 Å². The molecular formula is C26H35N3O2. The Labute approximate surface area is 186 Å². The fraction of sp³-hybridized carbons (Fsp3) is 0.500. The molecule has 0 radical (unpaired) electrons. The van der Waals surface area contributed by atoms with E-state index in [1.54, 1.807) is 0 Å². The molecule has 166 valence electrons. The van der Waals surface area contributed by atoms with Crippen LogP contribution >= 0.6 is 0 Å². The van der Waals surface area contributed by atoms with Gasteiger partial charge in [-0.2, -0.15) is 0 Å². The molecule has 1 saturated carbocycles. The molecule has 2 aromatic rings. The molecule has 1 amide bonds. The Morgan fingerprint density at radius 2 is 1.68 bits per heavy atom. The van der Waals surface area contributed by atoms with Crippen LogP contribution in [-0.4, -0.2) is 61.6 Å². The van der Waals surface area contributed by atoms with E-state index in [1.807, 2.05) is 12.1 Å². The molecule has 5 heteroatoms. The molecule has 0 spiro atoms. The Morgan fingerprint density at radius 1 is 1.00 bits per heavy atom. The number of rotatable bonds is 7. The van der Waals surface area contributed by atoms with Gasteiger partial charge in [0.1, 0.15) is 0 Å². The number of benzene rings is 2. The van der Waals surface area contributed by atoms with E-state index in [0.717, 1.165) is 51.4 Å². The third-order valence-corrected chi connectivity index (χ3v) is 6.73. The van der Waals surface area contributed by atoms with Gasteiger partial charge in [-0.3, -0.25) is 14.6 Å². The lowest BCUT2D eigenvalue weighted by molar-refractivity contribution is -0.117. The van der Waals surface area contributed by atoms with Crippen molar-refractivity contribution in [3.8, 4) is 0 Å². The first kappa shape index (κ1) is 22.0. The minimum Gasteiger partial charge on any atom is -0.379 e. The first-order valence-electron chi connectivity index (χ1n) is 11.6. The van der Waals surface area contributed by atoms with Crippen molar-refractivity contribution >= 4 is 11.6 Å². The SMILES string of the molecule is CN(CC(=O)Nc1ccc(CN2CCOCC2)cc1)C1CCC(c2ccccc2)CC1. The maximum absolute atomic E-state index is 12.6. The van der Waals surface area contributed by atoms with E-state index >= 15 is 0 Å². The number of amides is 1. The van der Waals surface area contributed by atoms with E-state index in [-0.39, 0.29) is 5.91 Å². The summed E-state index contributed by atoms with van der Waals surface area (Å²) in [6.07, 6.45) is 4.70. The minimum absolute atomic E-state index is 0.0635. The lowest BCUT2D eigenvalue weighted by Crippen LogP contribution is -2.39. The van der Waals surface area contributed by atoms with Gasteiger partial charge >= 0.3 is 0 Å². The standard InChI is InChI=1S/C26H35N3O2/c1-28(25-13-9-23(10-14-25)22-5-3-2-4-6-22)20-26(30)27-24-11-7-21(8-12-24)19-29-15-17-31-18-16-29/h2-8,11-12,23,25H,9-10,13-20H2,1H3,(H,27,30). The molecule has 5 nitrogen and oxygen atoms in total. The molecule has 0 unspecified atom stereocenters. The molecule has 0 bridgehead atoms. The Bertz CT molecular complexity index is 810. The molecule has 1 N–H and O–H groups in total. The number of hydrogen-bond donors (Lipinski definition) is 1. The zero-order chi connectivity index (χ0) is 21.5. The average molecular weight is 422 g/mol. The number of morpholine rings is 1. The first-order chi connectivity index (χ1) is 15.2. The second-order valence-corrected chi connectivity index (χ2v) is 8.96. The van der Waals surface area contributed by atoms with Crippen molar-refractivity contribution in [2.75, 3.05) is 45.2 Å². The van der Waals surface area contributed by atoms with Gasteiger partial charge < -0.3 is 10.1 Å². The lowest BCUT2D eigenvalue weighted by atomic mass is 9.81. The summed E-state index contributed by atoms with van der Waals surface area (Å²) in [6, 6.07) is 19.6. The van der Waals surface area contributed by atoms with Gasteiger partial charge in [0.25, 0.3) is 0 Å². The smallest absolute Gasteiger partial charge is 0.238 e. The van der Waals surface area contributed by atoms with Crippen molar-refractivity contribution in [2.24, 2.45) is 0 Å². The molecule has 2 aromatic carbocycles. The Hall–Kier alpha value is -2.21. The summed E-state index contributed by atoms with van der Waals surface area (Å²) in [5.74, 6) is 0.726. The maximum Gasteiger partial charge on any atom is 0.238 e. The average Bonchev–Trinajstić information content (AvgIpc) is 2.82. The van der Waals surface area contributed by atoms with Crippen molar-refractivity contribution < 1.29 is 9.53 Å². The fourth-order valence-electron chi connectivity index (χ4n) is 4.84. The van der Waals surface area contributed by atoms with Crippen LogP contribution in [0, 0.1) is 0 Å². The Balaban J connectivity index is 1.20. The quantitative estimate of drug-likeness (QED) is 0.731. The zero-order valence-electron chi connectivity index (χ0n) is 18.6. The summed E-state index contributed by atoms with van der Waals surface area (Å²) in [6.45, 7) is 4.98. The number of anilines is 1. The van der Waals surface area contributed by atoms with Gasteiger partial charge in [-0.05, 0) is 61.9 Å². The third-order valence-electron chi connectivity index (χ3n) is 6.73. The van der Waals surface area contributed by atoms with Gasteiger partial charge in [0, 0.05) is 31.4 Å². The highest BCUT2D eigenvalue weighted by molar-refractivity contribution is 5.92. The molecule has 2 fully saturated rings. The largest absolute Gasteiger partial charge is 0.379 e. The van der Waals surface area contributed by atoms with Crippen LogP contribution in [0.5, 0.6) is 0 Å². The summed E-state index contributed by atoms with van der Waals surface area (Å²) >= 11 is 0. The fourth-order valence-corrected chi connectivity index (χ4v) is 4.84. The molecule has 1 aliphatic heterocycles.